The second kappa shape index (κ2) is 13.3. The molecule has 0 heterocycles. The predicted octanol–water partition coefficient (Wildman–Crippen LogP) is 7.40. The molecule has 0 unspecified atom stereocenters. The predicted molar refractivity (Wildman–Crippen MR) is 165 cm³/mol. The third-order valence-corrected chi connectivity index (χ3v) is 8.00. The fraction of sp³-hybridized carbons (Fsp3) is 0.400. The number of Topliss-reactive ketones (excluding diaryl/α,β-unsaturated/α-hetero) is 2. The maximum absolute atomic E-state index is 13.6. The van der Waals surface area contributed by atoms with Crippen LogP contribution in [0.25, 0.3) is 10.8 Å². The molecule has 42 heavy (non-hydrogen) atoms. The molecule has 2 aromatic carbocycles. The van der Waals surface area contributed by atoms with Crippen LogP contribution in [0.3, 0.4) is 0 Å². The molecule has 3 rings (SSSR count). The summed E-state index contributed by atoms with van der Waals surface area (Å²) in [6.07, 6.45) is 13.0. The van der Waals surface area contributed by atoms with Gasteiger partial charge in [0.2, 0.25) is 11.6 Å². The summed E-state index contributed by atoms with van der Waals surface area (Å²) in [5.74, 6) is -3.15. The summed E-state index contributed by atoms with van der Waals surface area (Å²) in [7, 11) is 0. The van der Waals surface area contributed by atoms with Gasteiger partial charge in [-0.15, -0.1) is 0 Å². The number of carbonyl (C=O) groups is 3. The standard InChI is InChI=1S/C35H42O7/c1-20(2)10-7-14-25(19-36)15-9-13-21(3)11-8-12-22(4)16-17-35(42)33(40)28-26(37)18-23(5)27-29(28)30(34(35)41)32(39)24(6)31(27)38/h10-11,15-16,18-19,37-39,42H,7-9,12-14,17H2,1-6H3/b21-11+,22-16+,25-15+/t35-/m0/s1. The van der Waals surface area contributed by atoms with Crippen LogP contribution in [0.1, 0.15) is 104 Å². The number of rotatable bonds is 12. The molecule has 0 amide bonds. The molecule has 224 valence electrons. The van der Waals surface area contributed by atoms with Crippen LogP contribution >= 0.6 is 0 Å². The molecule has 0 saturated carbocycles. The van der Waals surface area contributed by atoms with E-state index in [4.69, 9.17) is 0 Å². The number of phenolic OH excluding ortho intramolecular Hbond substituents is 3. The molecule has 4 N–H and O–H groups in total. The lowest BCUT2D eigenvalue weighted by atomic mass is 9.73. The van der Waals surface area contributed by atoms with Crippen molar-refractivity contribution in [3.05, 3.63) is 74.9 Å². The first-order valence-electron chi connectivity index (χ1n) is 14.4. The van der Waals surface area contributed by atoms with Gasteiger partial charge in [-0.3, -0.25) is 14.4 Å². The average molecular weight is 575 g/mol. The van der Waals surface area contributed by atoms with Gasteiger partial charge in [-0.25, -0.2) is 0 Å². The van der Waals surface area contributed by atoms with Gasteiger partial charge in [0, 0.05) is 22.8 Å². The third kappa shape index (κ3) is 6.57. The maximum atomic E-state index is 13.6. The van der Waals surface area contributed by atoms with Crippen molar-refractivity contribution < 1.29 is 34.8 Å². The maximum Gasteiger partial charge on any atom is 0.207 e. The third-order valence-electron chi connectivity index (χ3n) is 8.00. The molecule has 0 spiro atoms. The number of carbonyl (C=O) groups excluding carboxylic acids is 3. The highest BCUT2D eigenvalue weighted by Crippen LogP contribution is 2.49. The smallest absolute Gasteiger partial charge is 0.207 e. The van der Waals surface area contributed by atoms with E-state index in [1.807, 2.05) is 33.8 Å². The average Bonchev–Trinajstić information content (AvgIpc) is 2.92. The fourth-order valence-corrected chi connectivity index (χ4v) is 5.41. The summed E-state index contributed by atoms with van der Waals surface area (Å²) in [6, 6.07) is 1.31. The number of aryl methyl sites for hydroxylation is 1. The summed E-state index contributed by atoms with van der Waals surface area (Å²) in [6.45, 7) is 11.0. The highest BCUT2D eigenvalue weighted by molar-refractivity contribution is 6.36. The van der Waals surface area contributed by atoms with Gasteiger partial charge in [0.1, 0.15) is 23.5 Å². The highest BCUT2D eigenvalue weighted by Gasteiger charge is 2.51. The number of phenols is 3. The molecule has 0 aliphatic heterocycles. The van der Waals surface area contributed by atoms with E-state index in [0.29, 0.717) is 12.0 Å². The van der Waals surface area contributed by atoms with Crippen LogP contribution in [0, 0.1) is 13.8 Å². The Morgan fingerprint density at radius 2 is 1.33 bits per heavy atom. The Labute approximate surface area is 247 Å². The van der Waals surface area contributed by atoms with E-state index in [1.165, 1.54) is 24.1 Å². The summed E-state index contributed by atoms with van der Waals surface area (Å²) >= 11 is 0. The van der Waals surface area contributed by atoms with Gasteiger partial charge < -0.3 is 20.4 Å². The van der Waals surface area contributed by atoms with Crippen LogP contribution in [0.15, 0.2) is 52.7 Å². The quantitative estimate of drug-likeness (QED) is 0.0899. The number of aromatic hydroxyl groups is 3. The van der Waals surface area contributed by atoms with E-state index in [9.17, 15) is 34.8 Å². The monoisotopic (exact) mass is 574 g/mol. The molecule has 0 aromatic heterocycles. The summed E-state index contributed by atoms with van der Waals surface area (Å²) < 4.78 is 0. The van der Waals surface area contributed by atoms with E-state index < -0.39 is 28.7 Å². The van der Waals surface area contributed by atoms with Crippen molar-refractivity contribution in [1.29, 1.82) is 0 Å². The molecule has 7 heteroatoms. The molecule has 0 fully saturated rings. The number of aliphatic hydroxyl groups is 1. The minimum Gasteiger partial charge on any atom is -0.507 e. The van der Waals surface area contributed by atoms with E-state index in [0.717, 1.165) is 49.5 Å². The van der Waals surface area contributed by atoms with Crippen LogP contribution < -0.4 is 0 Å². The Bertz CT molecular complexity index is 1550. The van der Waals surface area contributed by atoms with Gasteiger partial charge in [-0.05, 0) is 97.3 Å². The van der Waals surface area contributed by atoms with Crippen LogP contribution in [0.2, 0.25) is 0 Å². The number of hydrogen-bond acceptors (Lipinski definition) is 7. The highest BCUT2D eigenvalue weighted by atomic mass is 16.3. The molecule has 2 aromatic rings. The van der Waals surface area contributed by atoms with Crippen LogP contribution in [0.5, 0.6) is 17.2 Å². The molecule has 7 nitrogen and oxygen atoms in total. The Morgan fingerprint density at radius 1 is 0.762 bits per heavy atom. The summed E-state index contributed by atoms with van der Waals surface area (Å²) in [4.78, 5) is 38.4. The van der Waals surface area contributed by atoms with E-state index >= 15 is 0 Å². The second-order valence-corrected chi connectivity index (χ2v) is 11.7. The van der Waals surface area contributed by atoms with Crippen LogP contribution in [0.4, 0.5) is 0 Å². The number of hydrogen-bond donors (Lipinski definition) is 4. The Kier molecular flexibility index (Phi) is 10.3. The van der Waals surface area contributed by atoms with E-state index in [-0.39, 0.29) is 39.6 Å². The van der Waals surface area contributed by atoms with Gasteiger partial charge in [-0.1, -0.05) is 41.0 Å². The molecule has 1 atom stereocenters. The number of ketones is 2. The molecular weight excluding hydrogens is 532 g/mol. The lowest BCUT2D eigenvalue weighted by molar-refractivity contribution is -0.105. The molecule has 1 aliphatic rings. The lowest BCUT2D eigenvalue weighted by Crippen LogP contribution is -2.49. The SMILES string of the molecule is CC(C)=CCC/C(C=O)=C\CC/C(C)=C/CC/C(C)=C/C[C@]1(O)C(=O)c2c(O)cc(C)c3c(O)c(C)c(O)c(c23)C1=O. The first-order valence-corrected chi connectivity index (χ1v) is 14.4. The van der Waals surface area contributed by atoms with Gasteiger partial charge in [0.05, 0.1) is 11.1 Å². The van der Waals surface area contributed by atoms with Crippen molar-refractivity contribution in [1.82, 2.24) is 0 Å². The Hall–Kier alpha value is -3.97. The van der Waals surface area contributed by atoms with Crippen molar-refractivity contribution in [2.45, 2.75) is 92.1 Å². The summed E-state index contributed by atoms with van der Waals surface area (Å²) in [5.41, 5.74) is 1.52. The summed E-state index contributed by atoms with van der Waals surface area (Å²) in [5, 5.41) is 43.6. The van der Waals surface area contributed by atoms with Crippen LogP contribution in [-0.4, -0.2) is 43.9 Å². The molecular formula is C35H42O7. The molecule has 0 bridgehead atoms. The zero-order chi connectivity index (χ0) is 31.4. The zero-order valence-electron chi connectivity index (χ0n) is 25.4. The second-order valence-electron chi connectivity index (χ2n) is 11.7. The number of benzene rings is 2. The topological polar surface area (TPSA) is 132 Å². The van der Waals surface area contributed by atoms with Gasteiger partial charge in [0.25, 0.3) is 0 Å². The van der Waals surface area contributed by atoms with Crippen molar-refractivity contribution in [2.24, 2.45) is 0 Å². The zero-order valence-corrected chi connectivity index (χ0v) is 25.4. The van der Waals surface area contributed by atoms with E-state index in [1.54, 1.807) is 13.0 Å². The largest absolute Gasteiger partial charge is 0.507 e. The van der Waals surface area contributed by atoms with Crippen molar-refractivity contribution in [3.63, 3.8) is 0 Å². The molecule has 0 radical (unpaired) electrons. The number of aldehydes is 1. The van der Waals surface area contributed by atoms with Crippen molar-refractivity contribution in [3.8, 4) is 17.2 Å². The first kappa shape index (κ1) is 32.5. The van der Waals surface area contributed by atoms with Crippen molar-refractivity contribution >= 4 is 28.6 Å². The van der Waals surface area contributed by atoms with Gasteiger partial charge in [0.15, 0.2) is 5.60 Å². The van der Waals surface area contributed by atoms with Gasteiger partial charge >= 0.3 is 0 Å². The Morgan fingerprint density at radius 3 is 1.95 bits per heavy atom. The normalized spacial score (nSPS) is 17.6. The minimum absolute atomic E-state index is 0.0444. The van der Waals surface area contributed by atoms with Gasteiger partial charge in [-0.2, -0.15) is 0 Å². The van der Waals surface area contributed by atoms with Crippen LogP contribution in [-0.2, 0) is 4.79 Å². The minimum atomic E-state index is -2.51. The lowest BCUT2D eigenvalue weighted by Gasteiger charge is -2.32. The molecule has 1 aliphatic carbocycles. The number of allylic oxidation sites excluding steroid dienone is 7. The van der Waals surface area contributed by atoms with Crippen molar-refractivity contribution in [2.75, 3.05) is 0 Å². The first-order chi connectivity index (χ1) is 19.7. The fourth-order valence-electron chi connectivity index (χ4n) is 5.41. The Balaban J connectivity index is 1.72. The van der Waals surface area contributed by atoms with E-state index in [2.05, 4.69) is 12.2 Å². The molecule has 0 saturated heterocycles.